The third-order valence-electron chi connectivity index (χ3n) is 7.01. The Bertz CT molecular complexity index is 1120. The third kappa shape index (κ3) is 3.65. The van der Waals surface area contributed by atoms with Gasteiger partial charge >= 0.3 is 5.97 Å². The number of aromatic nitrogens is 1. The predicted molar refractivity (Wildman–Crippen MR) is 121 cm³/mol. The van der Waals surface area contributed by atoms with Gasteiger partial charge in [-0.2, -0.15) is 0 Å². The van der Waals surface area contributed by atoms with Gasteiger partial charge in [0.15, 0.2) is 5.88 Å². The Labute approximate surface area is 187 Å². The molecule has 2 fully saturated rings. The maximum Gasteiger partial charge on any atom is 0.340 e. The molecule has 6 nitrogen and oxygen atoms in total. The molecular weight excluding hydrogens is 404 g/mol. The van der Waals surface area contributed by atoms with Gasteiger partial charge in [0.1, 0.15) is 0 Å². The summed E-state index contributed by atoms with van der Waals surface area (Å²) in [5.74, 6) is 0.239. The molecule has 1 aliphatic carbocycles. The van der Waals surface area contributed by atoms with Gasteiger partial charge in [0.2, 0.25) is 5.88 Å². The zero-order valence-electron chi connectivity index (χ0n) is 18.1. The van der Waals surface area contributed by atoms with Crippen molar-refractivity contribution in [2.45, 2.75) is 32.4 Å². The molecule has 5 rings (SSSR count). The number of ether oxygens (including phenoxy) is 1. The number of hydrogen-bond acceptors (Lipinski definition) is 5. The van der Waals surface area contributed by atoms with E-state index in [-0.39, 0.29) is 11.8 Å². The van der Waals surface area contributed by atoms with Crippen LogP contribution in [0.2, 0.25) is 0 Å². The number of piperidine rings is 1. The molecule has 32 heavy (non-hydrogen) atoms. The second-order valence-electron chi connectivity index (χ2n) is 8.94. The first-order valence-electron chi connectivity index (χ1n) is 11.2. The minimum atomic E-state index is -0.438. The van der Waals surface area contributed by atoms with E-state index in [1.54, 1.807) is 31.2 Å². The lowest BCUT2D eigenvalue weighted by Gasteiger charge is -2.27. The van der Waals surface area contributed by atoms with Gasteiger partial charge in [0.05, 0.1) is 17.9 Å². The van der Waals surface area contributed by atoms with Gasteiger partial charge in [-0.15, -0.1) is 0 Å². The fourth-order valence-electron chi connectivity index (χ4n) is 5.43. The first kappa shape index (κ1) is 20.6. The van der Waals surface area contributed by atoms with Crippen molar-refractivity contribution in [3.05, 3.63) is 77.4 Å². The monoisotopic (exact) mass is 432 g/mol. The number of fused-ring (bicyclic) bond motifs is 2. The predicted octanol–water partition coefficient (Wildman–Crippen LogP) is 4.26. The standard InChI is InChI=1S/C26H28N2O4/c1-17-13-24(29)28(25(17)30)23-10-6-5-9-20(23)26(31)32-16-21-19-11-12-22(21)27(15-19)14-18-7-3-2-4-8-18/h2-10,13,19,21-22,29-30H,11-12,14-16H2,1H3. The Balaban J connectivity index is 1.29. The van der Waals surface area contributed by atoms with Crippen molar-refractivity contribution in [1.29, 1.82) is 0 Å². The molecule has 166 valence electrons. The largest absolute Gasteiger partial charge is 0.494 e. The molecule has 2 bridgehead atoms. The minimum absolute atomic E-state index is 0.0897. The van der Waals surface area contributed by atoms with Crippen LogP contribution in [-0.2, 0) is 11.3 Å². The van der Waals surface area contributed by atoms with Gasteiger partial charge in [0.25, 0.3) is 0 Å². The summed E-state index contributed by atoms with van der Waals surface area (Å²) in [6, 6.07) is 19.3. The smallest absolute Gasteiger partial charge is 0.340 e. The van der Waals surface area contributed by atoms with Crippen LogP contribution in [0.25, 0.3) is 5.69 Å². The number of carbonyl (C=O) groups is 1. The molecule has 1 aromatic heterocycles. The van der Waals surface area contributed by atoms with Crippen LogP contribution in [0.4, 0.5) is 0 Å². The summed E-state index contributed by atoms with van der Waals surface area (Å²) in [7, 11) is 0. The number of para-hydroxylation sites is 1. The first-order valence-corrected chi connectivity index (χ1v) is 11.2. The van der Waals surface area contributed by atoms with E-state index in [4.69, 9.17) is 4.74 Å². The zero-order valence-corrected chi connectivity index (χ0v) is 18.1. The molecule has 3 aromatic rings. The van der Waals surface area contributed by atoms with E-state index in [9.17, 15) is 15.0 Å². The van der Waals surface area contributed by atoms with Crippen molar-refractivity contribution >= 4 is 5.97 Å². The molecule has 1 saturated heterocycles. The highest BCUT2D eigenvalue weighted by atomic mass is 16.5. The number of hydrogen-bond donors (Lipinski definition) is 2. The Kier molecular flexibility index (Phi) is 5.39. The number of esters is 1. The minimum Gasteiger partial charge on any atom is -0.494 e. The molecule has 2 heterocycles. The highest BCUT2D eigenvalue weighted by Gasteiger charge is 2.47. The van der Waals surface area contributed by atoms with Crippen molar-refractivity contribution < 1.29 is 19.7 Å². The quantitative estimate of drug-likeness (QED) is 0.569. The van der Waals surface area contributed by atoms with Crippen molar-refractivity contribution in [1.82, 2.24) is 9.47 Å². The number of carbonyl (C=O) groups excluding carboxylic acids is 1. The first-order chi connectivity index (χ1) is 15.5. The second kappa shape index (κ2) is 8.36. The Morgan fingerprint density at radius 3 is 2.56 bits per heavy atom. The number of benzene rings is 2. The molecule has 3 unspecified atom stereocenters. The number of rotatable bonds is 6. The summed E-state index contributed by atoms with van der Waals surface area (Å²) in [4.78, 5) is 15.5. The average molecular weight is 433 g/mol. The van der Waals surface area contributed by atoms with Crippen LogP contribution < -0.4 is 0 Å². The van der Waals surface area contributed by atoms with Crippen molar-refractivity contribution in [3.63, 3.8) is 0 Å². The fourth-order valence-corrected chi connectivity index (χ4v) is 5.43. The highest BCUT2D eigenvalue weighted by molar-refractivity contribution is 5.93. The molecule has 0 spiro atoms. The fraction of sp³-hybridized carbons (Fsp3) is 0.346. The highest BCUT2D eigenvalue weighted by Crippen LogP contribution is 2.43. The van der Waals surface area contributed by atoms with Gasteiger partial charge < -0.3 is 14.9 Å². The molecule has 0 radical (unpaired) electrons. The van der Waals surface area contributed by atoms with Gasteiger partial charge in [-0.3, -0.25) is 9.47 Å². The maximum absolute atomic E-state index is 13.0. The lowest BCUT2D eigenvalue weighted by molar-refractivity contribution is 0.0408. The Morgan fingerprint density at radius 1 is 1.06 bits per heavy atom. The number of nitrogens with zero attached hydrogens (tertiary/aromatic N) is 2. The Hall–Kier alpha value is -3.25. The lowest BCUT2D eigenvalue weighted by Crippen LogP contribution is -2.33. The van der Waals surface area contributed by atoms with E-state index in [2.05, 4.69) is 29.2 Å². The second-order valence-corrected chi connectivity index (χ2v) is 8.94. The molecule has 2 aromatic carbocycles. The maximum atomic E-state index is 13.0. The number of likely N-dealkylation sites (tertiary alicyclic amines) is 1. The van der Waals surface area contributed by atoms with Crippen LogP contribution in [0.15, 0.2) is 60.7 Å². The summed E-state index contributed by atoms with van der Waals surface area (Å²) in [5, 5.41) is 20.6. The van der Waals surface area contributed by atoms with Crippen LogP contribution in [0, 0.1) is 18.8 Å². The van der Waals surface area contributed by atoms with Crippen LogP contribution in [-0.4, -0.2) is 44.8 Å². The van der Waals surface area contributed by atoms with E-state index < -0.39 is 5.97 Å². The Morgan fingerprint density at radius 2 is 1.81 bits per heavy atom. The van der Waals surface area contributed by atoms with Crippen molar-refractivity contribution in [3.8, 4) is 17.4 Å². The average Bonchev–Trinajstić information content (AvgIpc) is 3.42. The van der Waals surface area contributed by atoms with Crippen molar-refractivity contribution in [2.75, 3.05) is 13.2 Å². The number of aromatic hydroxyl groups is 2. The van der Waals surface area contributed by atoms with Gasteiger partial charge in [-0.05, 0) is 43.4 Å². The molecule has 2 N–H and O–H groups in total. The molecule has 1 saturated carbocycles. The van der Waals surface area contributed by atoms with E-state index >= 15 is 0 Å². The molecule has 3 atom stereocenters. The summed E-state index contributed by atoms with van der Waals surface area (Å²) in [6.07, 6.45) is 2.32. The molecule has 6 heteroatoms. The van der Waals surface area contributed by atoms with E-state index in [0.717, 1.165) is 19.5 Å². The summed E-state index contributed by atoms with van der Waals surface area (Å²) in [5.41, 5.74) is 2.57. The number of aryl methyl sites for hydroxylation is 1. The summed E-state index contributed by atoms with van der Waals surface area (Å²) < 4.78 is 7.07. The van der Waals surface area contributed by atoms with Crippen molar-refractivity contribution in [2.24, 2.45) is 11.8 Å². The molecular formula is C26H28N2O4. The van der Waals surface area contributed by atoms with E-state index in [1.807, 2.05) is 6.07 Å². The van der Waals surface area contributed by atoms with Gasteiger partial charge in [-0.25, -0.2) is 4.79 Å². The lowest BCUT2D eigenvalue weighted by atomic mass is 9.99. The van der Waals surface area contributed by atoms with Crippen LogP contribution in [0.1, 0.15) is 34.3 Å². The SMILES string of the molecule is Cc1cc(O)n(-c2ccccc2C(=O)OCC2C3CCC2N(Cc2ccccc2)C3)c1O. The van der Waals surface area contributed by atoms with E-state index in [1.165, 1.54) is 22.6 Å². The molecule has 1 aliphatic heterocycles. The molecule has 0 amide bonds. The third-order valence-corrected chi connectivity index (χ3v) is 7.01. The van der Waals surface area contributed by atoms with E-state index in [0.29, 0.717) is 41.3 Å². The van der Waals surface area contributed by atoms with Crippen LogP contribution >= 0.6 is 0 Å². The normalized spacial score (nSPS) is 22.3. The van der Waals surface area contributed by atoms with Crippen LogP contribution in [0.3, 0.4) is 0 Å². The van der Waals surface area contributed by atoms with Crippen LogP contribution in [0.5, 0.6) is 11.8 Å². The summed E-state index contributed by atoms with van der Waals surface area (Å²) in [6.45, 7) is 4.06. The zero-order chi connectivity index (χ0) is 22.2. The molecule has 2 aliphatic rings. The van der Waals surface area contributed by atoms with Gasteiger partial charge in [0, 0.05) is 36.7 Å². The summed E-state index contributed by atoms with van der Waals surface area (Å²) >= 11 is 0. The van der Waals surface area contributed by atoms with Gasteiger partial charge in [-0.1, -0.05) is 42.5 Å². The topological polar surface area (TPSA) is 74.9 Å².